The molecule has 0 N–H and O–H groups in total. The Morgan fingerprint density at radius 1 is 1.46 bits per heavy atom. The number of carbonyl (C=O) groups excluding carboxylic acids is 1. The lowest BCUT2D eigenvalue weighted by molar-refractivity contribution is -0.114. The summed E-state index contributed by atoms with van der Waals surface area (Å²) in [7, 11) is 0. The van der Waals surface area contributed by atoms with Gasteiger partial charge in [-0.2, -0.15) is 0 Å². The van der Waals surface area contributed by atoms with Crippen LogP contribution in [0.4, 0.5) is 4.39 Å². The summed E-state index contributed by atoms with van der Waals surface area (Å²) in [4.78, 5) is 10.7. The second-order valence-corrected chi connectivity index (χ2v) is 3.41. The SMILES string of the molecule is C[C@@H](Cc1ccc(F)cc1)C(=O)Cl. The van der Waals surface area contributed by atoms with E-state index in [2.05, 4.69) is 0 Å². The van der Waals surface area contributed by atoms with Crippen LogP contribution in [0, 0.1) is 11.7 Å². The van der Waals surface area contributed by atoms with Crippen molar-refractivity contribution in [3.05, 3.63) is 35.6 Å². The molecular weight excluding hydrogens is 191 g/mol. The van der Waals surface area contributed by atoms with Gasteiger partial charge in [-0.15, -0.1) is 0 Å². The third kappa shape index (κ3) is 3.15. The van der Waals surface area contributed by atoms with Crippen LogP contribution in [0.3, 0.4) is 0 Å². The lowest BCUT2D eigenvalue weighted by Gasteiger charge is -2.05. The Labute approximate surface area is 81.5 Å². The molecule has 3 heteroatoms. The largest absolute Gasteiger partial charge is 0.281 e. The molecule has 13 heavy (non-hydrogen) atoms. The molecule has 1 atom stereocenters. The van der Waals surface area contributed by atoms with Crippen LogP contribution in [0.5, 0.6) is 0 Å². The normalized spacial score (nSPS) is 12.5. The standard InChI is InChI=1S/C10H10ClFO/c1-7(10(11)13)6-8-2-4-9(12)5-3-8/h2-5,7H,6H2,1H3/t7-/m0/s1. The van der Waals surface area contributed by atoms with Crippen molar-refractivity contribution in [1.29, 1.82) is 0 Å². The molecule has 0 amide bonds. The Balaban J connectivity index is 2.64. The van der Waals surface area contributed by atoms with Gasteiger partial charge in [0.15, 0.2) is 0 Å². The Kier molecular flexibility index (Phi) is 3.43. The van der Waals surface area contributed by atoms with Gasteiger partial charge < -0.3 is 0 Å². The van der Waals surface area contributed by atoms with Crippen molar-refractivity contribution in [3.63, 3.8) is 0 Å². The van der Waals surface area contributed by atoms with Crippen molar-refractivity contribution in [2.24, 2.45) is 5.92 Å². The molecule has 0 aliphatic rings. The highest BCUT2D eigenvalue weighted by atomic mass is 35.5. The molecule has 0 unspecified atom stereocenters. The van der Waals surface area contributed by atoms with Crippen molar-refractivity contribution in [2.75, 3.05) is 0 Å². The fourth-order valence-corrected chi connectivity index (χ4v) is 1.13. The van der Waals surface area contributed by atoms with Gasteiger partial charge in [-0.1, -0.05) is 19.1 Å². The number of rotatable bonds is 3. The van der Waals surface area contributed by atoms with E-state index in [1.165, 1.54) is 12.1 Å². The van der Waals surface area contributed by atoms with Crippen LogP contribution in [0.15, 0.2) is 24.3 Å². The van der Waals surface area contributed by atoms with Gasteiger partial charge in [-0.25, -0.2) is 4.39 Å². The maximum Gasteiger partial charge on any atom is 0.224 e. The summed E-state index contributed by atoms with van der Waals surface area (Å²) >= 11 is 5.30. The first-order valence-corrected chi connectivity index (χ1v) is 4.41. The Bertz CT molecular complexity index is 294. The van der Waals surface area contributed by atoms with Crippen LogP contribution in [0.25, 0.3) is 0 Å². The summed E-state index contributed by atoms with van der Waals surface area (Å²) in [5, 5.41) is -0.357. The molecule has 0 radical (unpaired) electrons. The minimum atomic E-state index is -0.357. The van der Waals surface area contributed by atoms with E-state index in [0.717, 1.165) is 5.56 Å². The average molecular weight is 201 g/mol. The summed E-state index contributed by atoms with van der Waals surface area (Å²) in [6.07, 6.45) is 0.558. The van der Waals surface area contributed by atoms with E-state index in [9.17, 15) is 9.18 Å². The third-order valence-corrected chi connectivity index (χ3v) is 2.22. The van der Waals surface area contributed by atoms with E-state index in [-0.39, 0.29) is 17.0 Å². The predicted molar refractivity (Wildman–Crippen MR) is 50.1 cm³/mol. The van der Waals surface area contributed by atoms with Crippen LogP contribution in [0.1, 0.15) is 12.5 Å². The molecule has 0 saturated carbocycles. The highest BCUT2D eigenvalue weighted by molar-refractivity contribution is 6.63. The monoisotopic (exact) mass is 200 g/mol. The minimum Gasteiger partial charge on any atom is -0.281 e. The molecule has 0 fully saturated rings. The van der Waals surface area contributed by atoms with Crippen molar-refractivity contribution in [3.8, 4) is 0 Å². The maximum absolute atomic E-state index is 12.5. The summed E-state index contributed by atoms with van der Waals surface area (Å²) < 4.78 is 12.5. The fraction of sp³-hybridized carbons (Fsp3) is 0.300. The molecular formula is C10H10ClFO. The van der Waals surface area contributed by atoms with E-state index in [1.807, 2.05) is 0 Å². The second-order valence-electron chi connectivity index (χ2n) is 3.04. The predicted octanol–water partition coefficient (Wildman–Crippen LogP) is 2.77. The first-order chi connectivity index (χ1) is 6.09. The lowest BCUT2D eigenvalue weighted by atomic mass is 10.0. The number of halogens is 2. The van der Waals surface area contributed by atoms with Gasteiger partial charge in [0.1, 0.15) is 5.82 Å². The Hall–Kier alpha value is -0.890. The van der Waals surface area contributed by atoms with Crippen molar-refractivity contribution >= 4 is 16.8 Å². The zero-order chi connectivity index (χ0) is 9.84. The zero-order valence-electron chi connectivity index (χ0n) is 7.26. The molecule has 0 aromatic heterocycles. The first-order valence-electron chi connectivity index (χ1n) is 4.03. The second kappa shape index (κ2) is 4.38. The van der Waals surface area contributed by atoms with Crippen molar-refractivity contribution in [1.82, 2.24) is 0 Å². The van der Waals surface area contributed by atoms with Crippen LogP contribution in [-0.4, -0.2) is 5.24 Å². The van der Waals surface area contributed by atoms with Gasteiger partial charge in [0.2, 0.25) is 5.24 Å². The summed E-state index contributed by atoms with van der Waals surface area (Å²) in [5.41, 5.74) is 0.919. The highest BCUT2D eigenvalue weighted by Crippen LogP contribution is 2.11. The van der Waals surface area contributed by atoms with Crippen LogP contribution >= 0.6 is 11.6 Å². The summed E-state index contributed by atoms with van der Waals surface area (Å²) in [6.45, 7) is 1.75. The topological polar surface area (TPSA) is 17.1 Å². The number of hydrogen-bond acceptors (Lipinski definition) is 1. The smallest absolute Gasteiger partial charge is 0.224 e. The molecule has 1 rings (SSSR count). The van der Waals surface area contributed by atoms with E-state index in [4.69, 9.17) is 11.6 Å². The highest BCUT2D eigenvalue weighted by Gasteiger charge is 2.10. The Morgan fingerprint density at radius 3 is 2.46 bits per heavy atom. The molecule has 0 aliphatic carbocycles. The molecule has 0 bridgehead atoms. The summed E-state index contributed by atoms with van der Waals surface area (Å²) in [5.74, 6) is -0.485. The molecule has 1 aromatic rings. The van der Waals surface area contributed by atoms with E-state index in [0.29, 0.717) is 6.42 Å². The molecule has 0 aliphatic heterocycles. The van der Waals surface area contributed by atoms with Gasteiger partial charge in [-0.3, -0.25) is 4.79 Å². The maximum atomic E-state index is 12.5. The molecule has 0 spiro atoms. The fourth-order valence-electron chi connectivity index (χ4n) is 1.05. The molecule has 0 saturated heterocycles. The van der Waals surface area contributed by atoms with Crippen molar-refractivity contribution in [2.45, 2.75) is 13.3 Å². The Morgan fingerprint density at radius 2 is 2.00 bits per heavy atom. The number of hydrogen-bond donors (Lipinski definition) is 0. The van der Waals surface area contributed by atoms with Gasteiger partial charge in [0.25, 0.3) is 0 Å². The number of benzene rings is 1. The summed E-state index contributed by atoms with van der Waals surface area (Å²) in [6, 6.07) is 6.07. The third-order valence-electron chi connectivity index (χ3n) is 1.84. The van der Waals surface area contributed by atoms with Gasteiger partial charge in [-0.05, 0) is 35.7 Å². The van der Waals surface area contributed by atoms with Gasteiger partial charge in [0, 0.05) is 5.92 Å². The zero-order valence-corrected chi connectivity index (χ0v) is 8.01. The quantitative estimate of drug-likeness (QED) is 0.686. The van der Waals surface area contributed by atoms with Crippen LogP contribution in [-0.2, 0) is 11.2 Å². The minimum absolute atomic E-state index is 0.216. The van der Waals surface area contributed by atoms with E-state index in [1.54, 1.807) is 19.1 Å². The van der Waals surface area contributed by atoms with Gasteiger partial charge in [0.05, 0.1) is 0 Å². The molecule has 1 nitrogen and oxygen atoms in total. The number of carbonyl (C=O) groups is 1. The van der Waals surface area contributed by atoms with Crippen LogP contribution < -0.4 is 0 Å². The van der Waals surface area contributed by atoms with Crippen LogP contribution in [0.2, 0.25) is 0 Å². The average Bonchev–Trinajstić information content (AvgIpc) is 2.08. The molecule has 0 heterocycles. The first kappa shape index (κ1) is 10.2. The van der Waals surface area contributed by atoms with Gasteiger partial charge >= 0.3 is 0 Å². The molecule has 1 aromatic carbocycles. The lowest BCUT2D eigenvalue weighted by Crippen LogP contribution is -2.07. The van der Waals surface area contributed by atoms with E-state index >= 15 is 0 Å². The molecule has 70 valence electrons. The van der Waals surface area contributed by atoms with Crippen molar-refractivity contribution < 1.29 is 9.18 Å². The van der Waals surface area contributed by atoms with E-state index < -0.39 is 0 Å².